The van der Waals surface area contributed by atoms with Gasteiger partial charge in [-0.05, 0) is 50.6 Å². The summed E-state index contributed by atoms with van der Waals surface area (Å²) in [5, 5.41) is 6.09. The van der Waals surface area contributed by atoms with E-state index in [0.717, 1.165) is 30.5 Å². The quantitative estimate of drug-likeness (QED) is 0.562. The van der Waals surface area contributed by atoms with Crippen LogP contribution >= 0.6 is 0 Å². The molecule has 2 aromatic rings. The van der Waals surface area contributed by atoms with Crippen LogP contribution in [-0.2, 0) is 4.79 Å². The molecule has 1 atom stereocenters. The van der Waals surface area contributed by atoms with Crippen LogP contribution in [0.2, 0.25) is 0 Å². The topological polar surface area (TPSA) is 93.4 Å². The Morgan fingerprint density at radius 2 is 2.13 bits per heavy atom. The zero-order valence-corrected chi connectivity index (χ0v) is 18.5. The van der Waals surface area contributed by atoms with Crippen molar-refractivity contribution in [3.05, 3.63) is 53.1 Å². The predicted molar refractivity (Wildman–Crippen MR) is 126 cm³/mol. The Morgan fingerprint density at radius 3 is 2.81 bits per heavy atom. The lowest BCUT2D eigenvalue weighted by molar-refractivity contribution is -0.127. The first kappa shape index (κ1) is 22.6. The number of H-pyrrole nitrogens is 1. The molecule has 1 amide bonds. The van der Waals surface area contributed by atoms with E-state index in [1.807, 2.05) is 43.1 Å². The molecule has 1 aliphatic rings. The third kappa shape index (κ3) is 5.32. The van der Waals surface area contributed by atoms with Crippen molar-refractivity contribution in [2.45, 2.75) is 25.8 Å². The molecule has 0 bridgehead atoms. The number of carbonyl (C=O) groups is 1. The minimum atomic E-state index is -0.138. The van der Waals surface area contributed by atoms with Crippen molar-refractivity contribution >= 4 is 17.4 Å². The van der Waals surface area contributed by atoms with E-state index in [9.17, 15) is 9.59 Å². The van der Waals surface area contributed by atoms with Gasteiger partial charge in [-0.25, -0.2) is 0 Å². The number of piperidine rings is 1. The molecule has 3 N–H and O–H groups in total. The fourth-order valence-electron chi connectivity index (χ4n) is 4.11. The minimum absolute atomic E-state index is 0.0212. The molecule has 0 radical (unpaired) electrons. The SMILES string of the molecule is CCN(c1cc(-c2ccncc2)c(NC)[nH]c1=O)C1CCCN(C(=O)/C=C/CNC)C1. The predicted octanol–water partition coefficient (Wildman–Crippen LogP) is 2.07. The van der Waals surface area contributed by atoms with E-state index in [2.05, 4.69) is 25.5 Å². The number of pyridine rings is 2. The molecule has 1 aliphatic heterocycles. The van der Waals surface area contributed by atoms with Crippen molar-refractivity contribution in [1.29, 1.82) is 0 Å². The van der Waals surface area contributed by atoms with Gasteiger partial charge in [0.25, 0.3) is 5.56 Å². The summed E-state index contributed by atoms with van der Waals surface area (Å²) in [6.45, 7) is 4.74. The molecule has 1 fully saturated rings. The standard InChI is InChI=1S/C23H32N6O2/c1-4-29(18-7-6-14-28(16-18)21(30)8-5-11-24-2)20-15-19(17-9-12-26-13-10-17)22(25-3)27-23(20)31/h5,8-10,12-13,15,18,24H,4,6-7,11,14,16H2,1-3H3,(H2,25,27,31)/b8-5+. The Labute approximate surface area is 183 Å². The molecule has 2 aromatic heterocycles. The van der Waals surface area contributed by atoms with Crippen LogP contribution < -0.4 is 21.1 Å². The second kappa shape index (κ2) is 10.8. The largest absolute Gasteiger partial charge is 0.374 e. The number of likely N-dealkylation sites (tertiary alicyclic amines) is 1. The number of aromatic nitrogens is 2. The lowest BCUT2D eigenvalue weighted by Gasteiger charge is -2.39. The second-order valence-corrected chi connectivity index (χ2v) is 7.58. The lowest BCUT2D eigenvalue weighted by Crippen LogP contribution is -2.50. The van der Waals surface area contributed by atoms with Crippen LogP contribution in [0.5, 0.6) is 0 Å². The third-order valence-electron chi connectivity index (χ3n) is 5.64. The van der Waals surface area contributed by atoms with E-state index >= 15 is 0 Å². The average Bonchev–Trinajstić information content (AvgIpc) is 2.81. The number of likely N-dealkylation sites (N-methyl/N-ethyl adjacent to an activating group) is 2. The summed E-state index contributed by atoms with van der Waals surface area (Å²) in [5.74, 6) is 0.694. The van der Waals surface area contributed by atoms with Crippen LogP contribution in [0.4, 0.5) is 11.5 Å². The number of carbonyl (C=O) groups excluding carboxylic acids is 1. The highest BCUT2D eigenvalue weighted by atomic mass is 16.2. The number of hydrogen-bond acceptors (Lipinski definition) is 6. The Morgan fingerprint density at radius 1 is 1.35 bits per heavy atom. The van der Waals surface area contributed by atoms with E-state index in [4.69, 9.17) is 0 Å². The van der Waals surface area contributed by atoms with Gasteiger partial charge in [-0.2, -0.15) is 0 Å². The minimum Gasteiger partial charge on any atom is -0.374 e. The monoisotopic (exact) mass is 424 g/mol. The molecule has 0 aromatic carbocycles. The second-order valence-electron chi connectivity index (χ2n) is 7.58. The maximum absolute atomic E-state index is 13.0. The van der Waals surface area contributed by atoms with Crippen molar-refractivity contribution < 1.29 is 4.79 Å². The van der Waals surface area contributed by atoms with Gasteiger partial charge in [0.05, 0.1) is 0 Å². The Bertz CT molecular complexity index is 956. The van der Waals surface area contributed by atoms with Gasteiger partial charge < -0.3 is 25.4 Å². The maximum Gasteiger partial charge on any atom is 0.273 e. The highest BCUT2D eigenvalue weighted by Crippen LogP contribution is 2.29. The number of rotatable bonds is 8. The van der Waals surface area contributed by atoms with Crippen molar-refractivity contribution in [3.8, 4) is 11.1 Å². The number of anilines is 2. The molecule has 31 heavy (non-hydrogen) atoms. The molecule has 3 heterocycles. The molecular formula is C23H32N6O2. The molecule has 1 saturated heterocycles. The molecule has 3 rings (SSSR count). The van der Waals surface area contributed by atoms with Gasteiger partial charge in [0.15, 0.2) is 0 Å². The molecule has 0 spiro atoms. The van der Waals surface area contributed by atoms with Crippen molar-refractivity contribution in [1.82, 2.24) is 20.2 Å². The lowest BCUT2D eigenvalue weighted by atomic mass is 10.0. The molecule has 0 aliphatic carbocycles. The van der Waals surface area contributed by atoms with Gasteiger partial charge in [-0.1, -0.05) is 6.08 Å². The van der Waals surface area contributed by atoms with Gasteiger partial charge in [-0.15, -0.1) is 0 Å². The van der Waals surface area contributed by atoms with Crippen LogP contribution in [0.1, 0.15) is 19.8 Å². The summed E-state index contributed by atoms with van der Waals surface area (Å²) in [6, 6.07) is 5.88. The fourth-order valence-corrected chi connectivity index (χ4v) is 4.11. The summed E-state index contributed by atoms with van der Waals surface area (Å²) >= 11 is 0. The highest BCUT2D eigenvalue weighted by Gasteiger charge is 2.28. The molecule has 1 unspecified atom stereocenters. The number of nitrogens with zero attached hydrogens (tertiary/aromatic N) is 3. The van der Waals surface area contributed by atoms with Crippen molar-refractivity contribution in [3.63, 3.8) is 0 Å². The number of hydrogen-bond donors (Lipinski definition) is 3. The molecule has 0 saturated carbocycles. The molecule has 8 nitrogen and oxygen atoms in total. The maximum atomic E-state index is 13.0. The van der Waals surface area contributed by atoms with Crippen molar-refractivity contribution in [2.75, 3.05) is 50.5 Å². The van der Waals surface area contributed by atoms with E-state index in [0.29, 0.717) is 31.1 Å². The summed E-state index contributed by atoms with van der Waals surface area (Å²) < 4.78 is 0. The van der Waals surface area contributed by atoms with Gasteiger partial charge in [0.2, 0.25) is 5.91 Å². The number of aromatic amines is 1. The van der Waals surface area contributed by atoms with E-state index in [-0.39, 0.29) is 17.5 Å². The van der Waals surface area contributed by atoms with Gasteiger partial charge in [0, 0.05) is 63.3 Å². The first-order valence-corrected chi connectivity index (χ1v) is 10.8. The van der Waals surface area contributed by atoms with Gasteiger partial charge >= 0.3 is 0 Å². The van der Waals surface area contributed by atoms with Crippen molar-refractivity contribution in [2.24, 2.45) is 0 Å². The zero-order chi connectivity index (χ0) is 22.2. The highest BCUT2D eigenvalue weighted by molar-refractivity contribution is 5.87. The van der Waals surface area contributed by atoms with Gasteiger partial charge in [-0.3, -0.25) is 14.6 Å². The molecular weight excluding hydrogens is 392 g/mol. The van der Waals surface area contributed by atoms with Crippen LogP contribution in [-0.4, -0.2) is 67.1 Å². The first-order valence-electron chi connectivity index (χ1n) is 10.8. The molecule has 166 valence electrons. The first-order chi connectivity index (χ1) is 15.1. The number of amides is 1. The van der Waals surface area contributed by atoms with Crippen LogP contribution in [0.25, 0.3) is 11.1 Å². The Kier molecular flexibility index (Phi) is 7.83. The van der Waals surface area contributed by atoms with Crippen LogP contribution in [0.15, 0.2) is 47.5 Å². The normalized spacial score (nSPS) is 16.5. The van der Waals surface area contributed by atoms with Crippen LogP contribution in [0.3, 0.4) is 0 Å². The zero-order valence-electron chi connectivity index (χ0n) is 18.5. The Hall–Kier alpha value is -3.13. The smallest absolute Gasteiger partial charge is 0.273 e. The van der Waals surface area contributed by atoms with E-state index in [1.54, 1.807) is 25.5 Å². The summed E-state index contributed by atoms with van der Waals surface area (Å²) in [5.41, 5.74) is 2.37. The third-order valence-corrected chi connectivity index (χ3v) is 5.64. The summed E-state index contributed by atoms with van der Waals surface area (Å²) in [7, 11) is 3.64. The molecule has 8 heteroatoms. The average molecular weight is 425 g/mol. The van der Waals surface area contributed by atoms with Gasteiger partial charge in [0.1, 0.15) is 11.5 Å². The van der Waals surface area contributed by atoms with E-state index in [1.165, 1.54) is 0 Å². The van der Waals surface area contributed by atoms with E-state index < -0.39 is 0 Å². The summed E-state index contributed by atoms with van der Waals surface area (Å²) in [6.07, 6.45) is 8.80. The fraction of sp³-hybridized carbons (Fsp3) is 0.435. The summed E-state index contributed by atoms with van der Waals surface area (Å²) in [4.78, 5) is 36.6. The van der Waals surface area contributed by atoms with Crippen LogP contribution in [0, 0.1) is 0 Å². The number of nitrogens with one attached hydrogen (secondary N) is 3. The Balaban J connectivity index is 1.89.